The van der Waals surface area contributed by atoms with Crippen LogP contribution >= 0.6 is 11.6 Å². The molecule has 0 radical (unpaired) electrons. The zero-order valence-electron chi connectivity index (χ0n) is 10.5. The smallest absolute Gasteiger partial charge is 0.257 e. The van der Waals surface area contributed by atoms with E-state index in [1.54, 1.807) is 36.4 Å². The van der Waals surface area contributed by atoms with Gasteiger partial charge in [-0.25, -0.2) is 0 Å². The van der Waals surface area contributed by atoms with Gasteiger partial charge in [0.1, 0.15) is 5.84 Å². The van der Waals surface area contributed by atoms with Crippen LogP contribution in [0.2, 0.25) is 5.02 Å². The van der Waals surface area contributed by atoms with Crippen molar-refractivity contribution in [3.8, 4) is 0 Å². The van der Waals surface area contributed by atoms with Gasteiger partial charge >= 0.3 is 0 Å². The third-order valence-corrected chi connectivity index (χ3v) is 2.95. The highest BCUT2D eigenvalue weighted by molar-refractivity contribution is 6.31. The zero-order chi connectivity index (χ0) is 14.7. The number of nitrogen functional groups attached to an aromatic ring is 2. The number of carbonyl (C=O) groups excluding carboxylic acids is 1. The average molecular weight is 289 g/mol. The Bertz CT molecular complexity index is 667. The quantitative estimate of drug-likeness (QED) is 0.396. The molecule has 0 fully saturated rings. The first-order valence-corrected chi connectivity index (χ1v) is 6.16. The predicted octanol–water partition coefficient (Wildman–Crippen LogP) is 2.46. The van der Waals surface area contributed by atoms with Crippen LogP contribution in [0.1, 0.15) is 15.9 Å². The van der Waals surface area contributed by atoms with E-state index < -0.39 is 0 Å². The van der Waals surface area contributed by atoms with Crippen LogP contribution in [-0.2, 0) is 0 Å². The van der Waals surface area contributed by atoms with Crippen molar-refractivity contribution in [1.82, 2.24) is 0 Å². The lowest BCUT2D eigenvalue weighted by Crippen LogP contribution is -2.15. The Hall–Kier alpha value is -2.53. The van der Waals surface area contributed by atoms with Gasteiger partial charge in [-0.15, -0.1) is 0 Å². The molecule has 0 saturated heterocycles. The molecule has 2 aromatic carbocycles. The fraction of sp³-hybridized carbons (Fsp3) is 0. The van der Waals surface area contributed by atoms with Gasteiger partial charge in [0.15, 0.2) is 0 Å². The second kappa shape index (κ2) is 5.63. The number of amides is 1. The van der Waals surface area contributed by atoms with Crippen LogP contribution in [0.3, 0.4) is 0 Å². The van der Waals surface area contributed by atoms with E-state index in [9.17, 15) is 4.79 Å². The number of nitrogens with one attached hydrogen (secondary N) is 2. The number of benzene rings is 2. The summed E-state index contributed by atoms with van der Waals surface area (Å²) in [5.74, 6) is -0.373. The molecule has 0 saturated carbocycles. The summed E-state index contributed by atoms with van der Waals surface area (Å²) in [4.78, 5) is 12.1. The van der Waals surface area contributed by atoms with Crippen molar-refractivity contribution in [2.24, 2.45) is 5.73 Å². The van der Waals surface area contributed by atoms with Crippen LogP contribution in [0.4, 0.5) is 11.4 Å². The summed E-state index contributed by atoms with van der Waals surface area (Å²) in [5.41, 5.74) is 12.9. The second-order valence-electron chi connectivity index (χ2n) is 4.18. The van der Waals surface area contributed by atoms with Crippen molar-refractivity contribution >= 4 is 34.7 Å². The summed E-state index contributed by atoms with van der Waals surface area (Å²) in [7, 11) is 0. The number of anilines is 2. The van der Waals surface area contributed by atoms with Gasteiger partial charge in [0, 0.05) is 22.0 Å². The molecule has 0 bridgehead atoms. The largest absolute Gasteiger partial charge is 0.398 e. The SMILES string of the molecule is N=C(N)c1ccc(NC(=O)c2cc(Cl)ccc2N)cc1. The maximum atomic E-state index is 12.1. The minimum atomic E-state index is -0.347. The number of amidine groups is 1. The summed E-state index contributed by atoms with van der Waals surface area (Å²) in [5, 5.41) is 10.4. The third kappa shape index (κ3) is 3.07. The average Bonchev–Trinajstić information content (AvgIpc) is 2.42. The molecule has 0 unspecified atom stereocenters. The van der Waals surface area contributed by atoms with E-state index in [-0.39, 0.29) is 11.7 Å². The summed E-state index contributed by atoms with van der Waals surface area (Å²) in [6.07, 6.45) is 0. The van der Waals surface area contributed by atoms with E-state index in [1.807, 2.05) is 0 Å². The van der Waals surface area contributed by atoms with Gasteiger partial charge in [0.05, 0.1) is 5.56 Å². The van der Waals surface area contributed by atoms with Crippen molar-refractivity contribution in [2.75, 3.05) is 11.1 Å². The van der Waals surface area contributed by atoms with E-state index in [4.69, 9.17) is 28.5 Å². The number of rotatable bonds is 3. The Morgan fingerprint density at radius 1 is 1.15 bits per heavy atom. The normalized spacial score (nSPS) is 10.1. The van der Waals surface area contributed by atoms with Gasteiger partial charge in [-0.05, 0) is 42.5 Å². The van der Waals surface area contributed by atoms with Gasteiger partial charge in [0.2, 0.25) is 0 Å². The fourth-order valence-corrected chi connectivity index (χ4v) is 1.83. The molecule has 0 atom stereocenters. The van der Waals surface area contributed by atoms with Gasteiger partial charge in [-0.2, -0.15) is 0 Å². The Balaban J connectivity index is 2.19. The summed E-state index contributed by atoms with van der Waals surface area (Å²) in [6.45, 7) is 0. The van der Waals surface area contributed by atoms with Crippen LogP contribution in [0, 0.1) is 5.41 Å². The second-order valence-corrected chi connectivity index (χ2v) is 4.61. The first-order chi connectivity index (χ1) is 9.47. The molecule has 6 N–H and O–H groups in total. The van der Waals surface area contributed by atoms with Crippen LogP contribution in [0.15, 0.2) is 42.5 Å². The fourth-order valence-electron chi connectivity index (χ4n) is 1.66. The number of carbonyl (C=O) groups is 1. The molecule has 102 valence electrons. The summed E-state index contributed by atoms with van der Waals surface area (Å²) < 4.78 is 0. The standard InChI is InChI=1S/C14H13ClN4O/c15-9-3-6-12(16)11(7-9)14(20)19-10-4-1-8(2-5-10)13(17)18/h1-7H,16H2,(H3,17,18)(H,19,20). The maximum Gasteiger partial charge on any atom is 0.257 e. The Morgan fingerprint density at radius 2 is 1.80 bits per heavy atom. The van der Waals surface area contributed by atoms with Crippen LogP contribution < -0.4 is 16.8 Å². The van der Waals surface area contributed by atoms with E-state index in [0.717, 1.165) is 0 Å². The molecule has 0 aliphatic rings. The van der Waals surface area contributed by atoms with Gasteiger partial charge in [-0.1, -0.05) is 11.6 Å². The molecule has 0 spiro atoms. The van der Waals surface area contributed by atoms with Crippen LogP contribution in [-0.4, -0.2) is 11.7 Å². The minimum absolute atomic E-state index is 0.0260. The lowest BCUT2D eigenvalue weighted by molar-refractivity contribution is 0.102. The Kier molecular flexibility index (Phi) is 3.91. The van der Waals surface area contributed by atoms with E-state index >= 15 is 0 Å². The number of hydrogen-bond acceptors (Lipinski definition) is 3. The topological polar surface area (TPSA) is 105 Å². The van der Waals surface area contributed by atoms with Crippen molar-refractivity contribution in [2.45, 2.75) is 0 Å². The summed E-state index contributed by atoms with van der Waals surface area (Å²) >= 11 is 5.85. The van der Waals surface area contributed by atoms with Crippen molar-refractivity contribution in [3.05, 3.63) is 58.6 Å². The molecular formula is C14H13ClN4O. The molecule has 2 rings (SSSR count). The van der Waals surface area contributed by atoms with E-state index in [2.05, 4.69) is 5.32 Å². The molecule has 0 aliphatic carbocycles. The Morgan fingerprint density at radius 3 is 2.40 bits per heavy atom. The molecule has 6 heteroatoms. The molecule has 20 heavy (non-hydrogen) atoms. The molecule has 0 heterocycles. The number of hydrogen-bond donors (Lipinski definition) is 4. The van der Waals surface area contributed by atoms with E-state index in [1.165, 1.54) is 6.07 Å². The molecule has 5 nitrogen and oxygen atoms in total. The highest BCUT2D eigenvalue weighted by atomic mass is 35.5. The predicted molar refractivity (Wildman–Crippen MR) is 81.3 cm³/mol. The lowest BCUT2D eigenvalue weighted by Gasteiger charge is -2.08. The highest BCUT2D eigenvalue weighted by Gasteiger charge is 2.10. The Labute approximate surface area is 121 Å². The third-order valence-electron chi connectivity index (χ3n) is 2.71. The van der Waals surface area contributed by atoms with Gasteiger partial charge in [-0.3, -0.25) is 10.2 Å². The number of nitrogens with two attached hydrogens (primary N) is 2. The molecule has 0 aromatic heterocycles. The lowest BCUT2D eigenvalue weighted by atomic mass is 10.1. The van der Waals surface area contributed by atoms with Gasteiger partial charge < -0.3 is 16.8 Å². The van der Waals surface area contributed by atoms with Gasteiger partial charge in [0.25, 0.3) is 5.91 Å². The molecule has 2 aromatic rings. The first kappa shape index (κ1) is 13.9. The van der Waals surface area contributed by atoms with Crippen LogP contribution in [0.5, 0.6) is 0 Å². The molecular weight excluding hydrogens is 276 g/mol. The van der Waals surface area contributed by atoms with Crippen LogP contribution in [0.25, 0.3) is 0 Å². The molecule has 0 aliphatic heterocycles. The van der Waals surface area contributed by atoms with E-state index in [0.29, 0.717) is 27.5 Å². The monoisotopic (exact) mass is 288 g/mol. The van der Waals surface area contributed by atoms with Crippen molar-refractivity contribution in [3.63, 3.8) is 0 Å². The maximum absolute atomic E-state index is 12.1. The number of halogens is 1. The zero-order valence-corrected chi connectivity index (χ0v) is 11.2. The molecule has 1 amide bonds. The van der Waals surface area contributed by atoms with Crippen molar-refractivity contribution in [1.29, 1.82) is 5.41 Å². The minimum Gasteiger partial charge on any atom is -0.398 e. The summed E-state index contributed by atoms with van der Waals surface area (Å²) in [6, 6.07) is 11.3. The first-order valence-electron chi connectivity index (χ1n) is 5.78. The highest BCUT2D eigenvalue weighted by Crippen LogP contribution is 2.19. The van der Waals surface area contributed by atoms with Crippen molar-refractivity contribution < 1.29 is 4.79 Å².